The fraction of sp³-hybridized carbons (Fsp3) is 0.562. The van der Waals surface area contributed by atoms with Gasteiger partial charge in [-0.05, 0) is 66.2 Å². The second kappa shape index (κ2) is 6.33. The first-order chi connectivity index (χ1) is 10.2. The zero-order valence-corrected chi connectivity index (χ0v) is 13.5. The van der Waals surface area contributed by atoms with Crippen LogP contribution in [0.25, 0.3) is 0 Å². The van der Waals surface area contributed by atoms with Gasteiger partial charge in [-0.3, -0.25) is 0 Å². The third-order valence-corrected chi connectivity index (χ3v) is 5.51. The van der Waals surface area contributed by atoms with Crippen molar-refractivity contribution in [1.29, 1.82) is 5.26 Å². The Bertz CT molecular complexity index is 555. The van der Waals surface area contributed by atoms with E-state index >= 15 is 0 Å². The van der Waals surface area contributed by atoms with E-state index in [9.17, 15) is 4.39 Å². The minimum Gasteiger partial charge on any atom is -0.369 e. The van der Waals surface area contributed by atoms with Crippen LogP contribution in [-0.2, 0) is 0 Å². The molecule has 0 radical (unpaired) electrons. The quantitative estimate of drug-likeness (QED) is 0.887. The van der Waals surface area contributed by atoms with Gasteiger partial charge in [0.15, 0.2) is 5.82 Å². The monoisotopic (exact) mass is 351 g/mol. The zero-order valence-electron chi connectivity index (χ0n) is 11.9. The molecule has 2 heterocycles. The highest BCUT2D eigenvalue weighted by Crippen LogP contribution is 2.33. The fourth-order valence-electron chi connectivity index (χ4n) is 3.53. The average molecular weight is 352 g/mol. The van der Waals surface area contributed by atoms with Crippen LogP contribution in [0.2, 0.25) is 0 Å². The lowest BCUT2D eigenvalue weighted by molar-refractivity contribution is 0.318. The molecule has 0 aromatic heterocycles. The summed E-state index contributed by atoms with van der Waals surface area (Å²) >= 11 is 3.19. The molecule has 1 N–H and O–H groups in total. The molecule has 2 fully saturated rings. The molecule has 0 aliphatic carbocycles. The molecule has 1 aromatic rings. The van der Waals surface area contributed by atoms with Gasteiger partial charge in [0.25, 0.3) is 0 Å². The third kappa shape index (κ3) is 2.93. The lowest BCUT2D eigenvalue weighted by atomic mass is 9.88. The van der Waals surface area contributed by atoms with Gasteiger partial charge in [0.05, 0.1) is 15.7 Å². The van der Waals surface area contributed by atoms with Gasteiger partial charge >= 0.3 is 0 Å². The number of hydrogen-bond acceptors (Lipinski definition) is 3. The van der Waals surface area contributed by atoms with Crippen LogP contribution in [0.3, 0.4) is 0 Å². The molecule has 1 unspecified atom stereocenters. The number of nitrogens with zero attached hydrogens (tertiary/aromatic N) is 2. The van der Waals surface area contributed by atoms with E-state index in [0.717, 1.165) is 32.5 Å². The summed E-state index contributed by atoms with van der Waals surface area (Å²) in [5, 5.41) is 12.5. The van der Waals surface area contributed by atoms with Crippen molar-refractivity contribution in [3.8, 4) is 6.07 Å². The Morgan fingerprint density at radius 1 is 1.29 bits per heavy atom. The molecular weight excluding hydrogens is 333 g/mol. The van der Waals surface area contributed by atoms with Crippen LogP contribution >= 0.6 is 15.9 Å². The van der Waals surface area contributed by atoms with Gasteiger partial charge in [0.2, 0.25) is 0 Å². The Morgan fingerprint density at radius 2 is 2.05 bits per heavy atom. The molecule has 2 aliphatic rings. The topological polar surface area (TPSA) is 39.1 Å². The van der Waals surface area contributed by atoms with E-state index in [-0.39, 0.29) is 10.3 Å². The van der Waals surface area contributed by atoms with Gasteiger partial charge < -0.3 is 10.2 Å². The predicted octanol–water partition coefficient (Wildman–Crippen LogP) is 3.43. The summed E-state index contributed by atoms with van der Waals surface area (Å²) in [6, 6.07) is 6.07. The smallest absolute Gasteiger partial charge is 0.161 e. The van der Waals surface area contributed by atoms with Gasteiger partial charge in [-0.25, -0.2) is 4.39 Å². The number of nitriles is 1. The van der Waals surface area contributed by atoms with Crippen LogP contribution in [0, 0.1) is 23.1 Å². The highest BCUT2D eigenvalue weighted by molar-refractivity contribution is 9.10. The van der Waals surface area contributed by atoms with E-state index < -0.39 is 0 Å². The van der Waals surface area contributed by atoms with Crippen LogP contribution in [0.15, 0.2) is 16.6 Å². The van der Waals surface area contributed by atoms with Crippen molar-refractivity contribution < 1.29 is 4.39 Å². The Morgan fingerprint density at radius 3 is 2.67 bits per heavy atom. The number of nitrogens with one attached hydrogen (secondary N) is 1. The lowest BCUT2D eigenvalue weighted by Gasteiger charge is -2.36. The summed E-state index contributed by atoms with van der Waals surface area (Å²) in [7, 11) is 0. The molecule has 5 heteroatoms. The molecule has 0 bridgehead atoms. The standard InChI is InChI=1S/C16H19BrFN3/c17-15-12(10-19)3-4-14(16(15)18)21-8-5-11(6-9-21)13-2-1-7-20-13/h3-4,11,13,20H,1-2,5-9H2. The van der Waals surface area contributed by atoms with E-state index in [2.05, 4.69) is 26.1 Å². The SMILES string of the molecule is N#Cc1ccc(N2CCC(C3CCCN3)CC2)c(F)c1Br. The van der Waals surface area contributed by atoms with Gasteiger partial charge in [-0.15, -0.1) is 0 Å². The van der Waals surface area contributed by atoms with Crippen molar-refractivity contribution in [2.24, 2.45) is 5.92 Å². The summed E-state index contributed by atoms with van der Waals surface area (Å²) in [5.74, 6) is 0.403. The van der Waals surface area contributed by atoms with Gasteiger partial charge in [-0.2, -0.15) is 5.26 Å². The molecule has 2 aliphatic heterocycles. The second-order valence-electron chi connectivity index (χ2n) is 5.90. The summed E-state index contributed by atoms with van der Waals surface area (Å²) in [4.78, 5) is 2.10. The van der Waals surface area contributed by atoms with Crippen LogP contribution in [-0.4, -0.2) is 25.7 Å². The molecule has 0 spiro atoms. The molecule has 2 saturated heterocycles. The highest BCUT2D eigenvalue weighted by Gasteiger charge is 2.29. The fourth-order valence-corrected chi connectivity index (χ4v) is 3.95. The Balaban J connectivity index is 1.69. The normalized spacial score (nSPS) is 23.3. The number of benzene rings is 1. The average Bonchev–Trinajstić information content (AvgIpc) is 3.05. The molecule has 21 heavy (non-hydrogen) atoms. The molecule has 0 amide bonds. The summed E-state index contributed by atoms with van der Waals surface area (Å²) in [5.41, 5.74) is 0.958. The molecule has 0 saturated carbocycles. The minimum absolute atomic E-state index is 0.280. The number of piperidine rings is 1. The third-order valence-electron chi connectivity index (χ3n) is 4.73. The second-order valence-corrected chi connectivity index (χ2v) is 6.69. The van der Waals surface area contributed by atoms with E-state index in [0.29, 0.717) is 23.2 Å². The maximum atomic E-state index is 14.4. The van der Waals surface area contributed by atoms with Crippen LogP contribution in [0.5, 0.6) is 0 Å². The van der Waals surface area contributed by atoms with E-state index in [1.807, 2.05) is 6.07 Å². The van der Waals surface area contributed by atoms with Crippen molar-refractivity contribution in [3.05, 3.63) is 28.0 Å². The lowest BCUT2D eigenvalue weighted by Crippen LogP contribution is -2.41. The maximum absolute atomic E-state index is 14.4. The Kier molecular flexibility index (Phi) is 4.46. The van der Waals surface area contributed by atoms with Crippen molar-refractivity contribution >= 4 is 21.6 Å². The van der Waals surface area contributed by atoms with Crippen LogP contribution in [0.4, 0.5) is 10.1 Å². The van der Waals surface area contributed by atoms with Crippen molar-refractivity contribution in [1.82, 2.24) is 5.32 Å². The summed E-state index contributed by atoms with van der Waals surface area (Å²) < 4.78 is 14.7. The van der Waals surface area contributed by atoms with Gasteiger partial charge in [-0.1, -0.05) is 0 Å². The van der Waals surface area contributed by atoms with Crippen LogP contribution < -0.4 is 10.2 Å². The number of anilines is 1. The molecular formula is C16H19BrFN3. The Labute approximate surface area is 133 Å². The highest BCUT2D eigenvalue weighted by atomic mass is 79.9. The first kappa shape index (κ1) is 14.8. The maximum Gasteiger partial charge on any atom is 0.161 e. The first-order valence-corrected chi connectivity index (χ1v) is 8.36. The van der Waals surface area contributed by atoms with E-state index in [4.69, 9.17) is 5.26 Å². The predicted molar refractivity (Wildman–Crippen MR) is 84.8 cm³/mol. The number of hydrogen-bond donors (Lipinski definition) is 1. The molecule has 112 valence electrons. The van der Waals surface area contributed by atoms with Gasteiger partial charge in [0, 0.05) is 19.1 Å². The minimum atomic E-state index is -0.313. The summed E-state index contributed by atoms with van der Waals surface area (Å²) in [6.45, 7) is 2.91. The first-order valence-electron chi connectivity index (χ1n) is 7.57. The summed E-state index contributed by atoms with van der Waals surface area (Å²) in [6.07, 6.45) is 4.77. The zero-order chi connectivity index (χ0) is 14.8. The number of halogens is 2. The molecule has 1 aromatic carbocycles. The molecule has 1 atom stereocenters. The number of rotatable bonds is 2. The van der Waals surface area contributed by atoms with E-state index in [1.165, 1.54) is 12.8 Å². The van der Waals surface area contributed by atoms with Gasteiger partial charge in [0.1, 0.15) is 6.07 Å². The van der Waals surface area contributed by atoms with Crippen LogP contribution in [0.1, 0.15) is 31.2 Å². The largest absolute Gasteiger partial charge is 0.369 e. The molecule has 3 nitrogen and oxygen atoms in total. The van der Waals surface area contributed by atoms with Crippen molar-refractivity contribution in [2.75, 3.05) is 24.5 Å². The van der Waals surface area contributed by atoms with E-state index in [1.54, 1.807) is 12.1 Å². The Hall–Kier alpha value is -1.12. The molecule has 3 rings (SSSR count). The van der Waals surface area contributed by atoms with Crippen molar-refractivity contribution in [2.45, 2.75) is 31.7 Å². The van der Waals surface area contributed by atoms with Crippen molar-refractivity contribution in [3.63, 3.8) is 0 Å².